The molecule has 0 radical (unpaired) electrons. The molecule has 0 aliphatic rings. The van der Waals surface area contributed by atoms with E-state index in [1.54, 1.807) is 18.5 Å². The smallest absolute Gasteiger partial charge is 0.0892 e. The lowest BCUT2D eigenvalue weighted by molar-refractivity contribution is 1.23. The SMILES string of the molecule is Cc1ccnc(-c2cc(C=N)ccn2)c1. The minimum Gasteiger partial charge on any atom is -0.308 e. The summed E-state index contributed by atoms with van der Waals surface area (Å²) in [7, 11) is 0. The Morgan fingerprint density at radius 2 is 1.73 bits per heavy atom. The Morgan fingerprint density at radius 3 is 2.40 bits per heavy atom. The maximum Gasteiger partial charge on any atom is 0.0892 e. The largest absolute Gasteiger partial charge is 0.308 e. The molecule has 0 saturated heterocycles. The minimum atomic E-state index is 0.805. The zero-order chi connectivity index (χ0) is 10.7. The summed E-state index contributed by atoms with van der Waals surface area (Å²) < 4.78 is 0. The van der Waals surface area contributed by atoms with Gasteiger partial charge in [-0.3, -0.25) is 9.97 Å². The molecule has 0 spiro atoms. The molecule has 0 aliphatic carbocycles. The average Bonchev–Trinajstić information content (AvgIpc) is 2.29. The third-order valence-corrected chi connectivity index (χ3v) is 2.13. The van der Waals surface area contributed by atoms with Crippen LogP contribution in [-0.4, -0.2) is 16.2 Å². The Balaban J connectivity index is 2.49. The van der Waals surface area contributed by atoms with Gasteiger partial charge in [0.25, 0.3) is 0 Å². The van der Waals surface area contributed by atoms with Gasteiger partial charge in [-0.15, -0.1) is 0 Å². The van der Waals surface area contributed by atoms with Gasteiger partial charge in [-0.1, -0.05) is 0 Å². The van der Waals surface area contributed by atoms with Gasteiger partial charge in [-0.2, -0.15) is 0 Å². The highest BCUT2D eigenvalue weighted by molar-refractivity contribution is 5.78. The lowest BCUT2D eigenvalue weighted by Crippen LogP contribution is -1.89. The van der Waals surface area contributed by atoms with E-state index in [1.165, 1.54) is 6.21 Å². The van der Waals surface area contributed by atoms with Crippen LogP contribution in [0, 0.1) is 12.3 Å². The Labute approximate surface area is 88.3 Å². The van der Waals surface area contributed by atoms with Crippen LogP contribution in [0.4, 0.5) is 0 Å². The van der Waals surface area contributed by atoms with Crippen molar-refractivity contribution >= 4 is 6.21 Å². The highest BCUT2D eigenvalue weighted by Gasteiger charge is 2.00. The fraction of sp³-hybridized carbons (Fsp3) is 0.0833. The van der Waals surface area contributed by atoms with E-state index >= 15 is 0 Å². The van der Waals surface area contributed by atoms with E-state index in [9.17, 15) is 0 Å². The van der Waals surface area contributed by atoms with Crippen LogP contribution in [0.3, 0.4) is 0 Å². The molecule has 3 nitrogen and oxygen atoms in total. The van der Waals surface area contributed by atoms with Crippen molar-refractivity contribution in [1.82, 2.24) is 9.97 Å². The van der Waals surface area contributed by atoms with Crippen LogP contribution in [0.25, 0.3) is 11.4 Å². The van der Waals surface area contributed by atoms with Crippen LogP contribution >= 0.6 is 0 Å². The Bertz CT molecular complexity index is 492. The van der Waals surface area contributed by atoms with Gasteiger partial charge >= 0.3 is 0 Å². The molecule has 2 aromatic rings. The molecule has 0 aromatic carbocycles. The molecular weight excluding hydrogens is 186 g/mol. The molecule has 3 heteroatoms. The molecule has 0 bridgehead atoms. The van der Waals surface area contributed by atoms with Crippen molar-refractivity contribution in [2.75, 3.05) is 0 Å². The van der Waals surface area contributed by atoms with Crippen LogP contribution < -0.4 is 0 Å². The van der Waals surface area contributed by atoms with Gasteiger partial charge in [-0.05, 0) is 42.3 Å². The Morgan fingerprint density at radius 1 is 1.07 bits per heavy atom. The average molecular weight is 197 g/mol. The Hall–Kier alpha value is -2.03. The second-order valence-electron chi connectivity index (χ2n) is 3.34. The first-order valence-electron chi connectivity index (χ1n) is 4.69. The van der Waals surface area contributed by atoms with E-state index < -0.39 is 0 Å². The topological polar surface area (TPSA) is 49.6 Å². The summed E-state index contributed by atoms with van der Waals surface area (Å²) in [5, 5.41) is 7.17. The molecule has 0 fully saturated rings. The van der Waals surface area contributed by atoms with E-state index in [1.807, 2.05) is 25.1 Å². The maximum absolute atomic E-state index is 7.17. The van der Waals surface area contributed by atoms with Crippen molar-refractivity contribution in [3.8, 4) is 11.4 Å². The van der Waals surface area contributed by atoms with E-state index in [4.69, 9.17) is 5.41 Å². The number of aromatic nitrogens is 2. The van der Waals surface area contributed by atoms with Gasteiger partial charge in [-0.25, -0.2) is 0 Å². The summed E-state index contributed by atoms with van der Waals surface area (Å²) >= 11 is 0. The maximum atomic E-state index is 7.17. The number of nitrogens with zero attached hydrogens (tertiary/aromatic N) is 2. The monoisotopic (exact) mass is 197 g/mol. The molecule has 0 atom stereocenters. The standard InChI is InChI=1S/C12H11N3/c1-9-2-4-14-11(6-9)12-7-10(8-13)3-5-15-12/h2-8,13H,1H3. The molecule has 2 aromatic heterocycles. The summed E-state index contributed by atoms with van der Waals surface area (Å²) in [5.41, 5.74) is 3.64. The highest BCUT2D eigenvalue weighted by Crippen LogP contribution is 2.15. The number of hydrogen-bond acceptors (Lipinski definition) is 3. The molecule has 74 valence electrons. The van der Waals surface area contributed by atoms with Gasteiger partial charge < -0.3 is 5.41 Å². The van der Waals surface area contributed by atoms with Crippen molar-refractivity contribution in [2.24, 2.45) is 0 Å². The molecule has 0 amide bonds. The molecule has 0 aliphatic heterocycles. The molecule has 0 saturated carbocycles. The van der Waals surface area contributed by atoms with Gasteiger partial charge in [0.05, 0.1) is 11.4 Å². The zero-order valence-corrected chi connectivity index (χ0v) is 8.44. The van der Waals surface area contributed by atoms with Crippen molar-refractivity contribution < 1.29 is 0 Å². The lowest BCUT2D eigenvalue weighted by Gasteiger charge is -2.01. The molecule has 2 heterocycles. The van der Waals surface area contributed by atoms with Gasteiger partial charge in [0, 0.05) is 18.6 Å². The van der Waals surface area contributed by atoms with Crippen molar-refractivity contribution in [2.45, 2.75) is 6.92 Å². The fourth-order valence-electron chi connectivity index (χ4n) is 1.35. The predicted molar refractivity (Wildman–Crippen MR) is 60.1 cm³/mol. The first kappa shape index (κ1) is 9.52. The van der Waals surface area contributed by atoms with E-state index in [2.05, 4.69) is 9.97 Å². The molecule has 0 unspecified atom stereocenters. The quantitative estimate of drug-likeness (QED) is 0.752. The van der Waals surface area contributed by atoms with Gasteiger partial charge in [0.2, 0.25) is 0 Å². The molecule has 1 N–H and O–H groups in total. The van der Waals surface area contributed by atoms with E-state index in [0.717, 1.165) is 22.5 Å². The van der Waals surface area contributed by atoms with Gasteiger partial charge in [0.15, 0.2) is 0 Å². The third-order valence-electron chi connectivity index (χ3n) is 2.13. The second-order valence-corrected chi connectivity index (χ2v) is 3.34. The van der Waals surface area contributed by atoms with Crippen molar-refractivity contribution in [3.63, 3.8) is 0 Å². The minimum absolute atomic E-state index is 0.805. The third kappa shape index (κ3) is 2.07. The van der Waals surface area contributed by atoms with Gasteiger partial charge in [0.1, 0.15) is 0 Å². The number of rotatable bonds is 2. The van der Waals surface area contributed by atoms with E-state index in [-0.39, 0.29) is 0 Å². The molecular formula is C12H11N3. The molecule has 2 rings (SSSR count). The predicted octanol–water partition coefficient (Wildman–Crippen LogP) is 2.45. The molecule has 15 heavy (non-hydrogen) atoms. The van der Waals surface area contributed by atoms with Crippen LogP contribution in [0.2, 0.25) is 0 Å². The van der Waals surface area contributed by atoms with Crippen LogP contribution in [0.5, 0.6) is 0 Å². The fourth-order valence-corrected chi connectivity index (χ4v) is 1.35. The lowest BCUT2D eigenvalue weighted by atomic mass is 10.1. The zero-order valence-electron chi connectivity index (χ0n) is 8.44. The number of nitrogens with one attached hydrogen (secondary N) is 1. The Kier molecular flexibility index (Phi) is 2.54. The normalized spacial score (nSPS) is 9.93. The van der Waals surface area contributed by atoms with Crippen LogP contribution in [-0.2, 0) is 0 Å². The highest BCUT2D eigenvalue weighted by atomic mass is 14.8. The van der Waals surface area contributed by atoms with E-state index in [0.29, 0.717) is 0 Å². The number of hydrogen-bond donors (Lipinski definition) is 1. The van der Waals surface area contributed by atoms with Crippen LogP contribution in [0.1, 0.15) is 11.1 Å². The van der Waals surface area contributed by atoms with Crippen molar-refractivity contribution in [1.29, 1.82) is 5.41 Å². The first-order chi connectivity index (χ1) is 7.29. The van der Waals surface area contributed by atoms with Crippen LogP contribution in [0.15, 0.2) is 36.7 Å². The summed E-state index contributed by atoms with van der Waals surface area (Å²) in [5.74, 6) is 0. The summed E-state index contributed by atoms with van der Waals surface area (Å²) in [6, 6.07) is 7.58. The van der Waals surface area contributed by atoms with Crippen molar-refractivity contribution in [3.05, 3.63) is 47.8 Å². The summed E-state index contributed by atoms with van der Waals surface area (Å²) in [6.07, 6.45) is 4.77. The number of aryl methyl sites for hydroxylation is 1. The first-order valence-corrected chi connectivity index (χ1v) is 4.69. The second kappa shape index (κ2) is 4.00. The summed E-state index contributed by atoms with van der Waals surface area (Å²) in [4.78, 5) is 8.48. The number of pyridine rings is 2. The summed E-state index contributed by atoms with van der Waals surface area (Å²) in [6.45, 7) is 2.02.